The van der Waals surface area contributed by atoms with Gasteiger partial charge in [0.1, 0.15) is 0 Å². The van der Waals surface area contributed by atoms with Crippen LogP contribution in [0.5, 0.6) is 0 Å². The quantitative estimate of drug-likeness (QED) is 0.474. The predicted molar refractivity (Wildman–Crippen MR) is 90.1 cm³/mol. The van der Waals surface area contributed by atoms with Crippen molar-refractivity contribution >= 4 is 28.9 Å². The van der Waals surface area contributed by atoms with Gasteiger partial charge in [-0.15, -0.1) is 0 Å². The van der Waals surface area contributed by atoms with E-state index in [1.807, 2.05) is 0 Å². The molecule has 0 aliphatic carbocycles. The molecule has 0 fully saturated rings. The van der Waals surface area contributed by atoms with Crippen molar-refractivity contribution in [1.82, 2.24) is 0 Å². The molecule has 0 saturated carbocycles. The molecule has 10 nitrogen and oxygen atoms in total. The number of carbonyl (C=O) groups is 2. The van der Waals surface area contributed by atoms with Gasteiger partial charge in [0, 0.05) is 12.1 Å². The van der Waals surface area contributed by atoms with E-state index in [9.17, 15) is 29.8 Å². The van der Waals surface area contributed by atoms with Crippen molar-refractivity contribution in [2.45, 2.75) is 6.92 Å². The van der Waals surface area contributed by atoms with E-state index in [0.29, 0.717) is 0 Å². The molecule has 0 spiro atoms. The normalized spacial score (nSPS) is 10.0. The molecule has 1 N–H and O–H groups in total. The van der Waals surface area contributed by atoms with Crippen LogP contribution in [0.3, 0.4) is 0 Å². The maximum absolute atomic E-state index is 12.4. The second-order valence-electron chi connectivity index (χ2n) is 4.97. The first kappa shape index (κ1) is 18.5. The number of nitro groups is 2. The third kappa shape index (κ3) is 4.17. The topological polar surface area (TPSA) is 142 Å². The minimum absolute atomic E-state index is 0.0858. The number of non-ortho nitro benzene ring substituents is 2. The molecular weight excluding hydrogens is 346 g/mol. The summed E-state index contributed by atoms with van der Waals surface area (Å²) in [6.45, 7) is 1.76. The highest BCUT2D eigenvalue weighted by molar-refractivity contribution is 6.08. The molecule has 134 valence electrons. The van der Waals surface area contributed by atoms with Crippen LogP contribution < -0.4 is 5.32 Å². The first-order valence-electron chi connectivity index (χ1n) is 7.35. The number of rotatable bonds is 6. The molecule has 0 aliphatic heterocycles. The Morgan fingerprint density at radius 3 is 2.15 bits per heavy atom. The number of hydrogen-bond acceptors (Lipinski definition) is 7. The fraction of sp³-hybridized carbons (Fsp3) is 0.125. The fourth-order valence-electron chi connectivity index (χ4n) is 2.11. The monoisotopic (exact) mass is 359 g/mol. The lowest BCUT2D eigenvalue weighted by molar-refractivity contribution is -0.394. The first-order chi connectivity index (χ1) is 12.3. The van der Waals surface area contributed by atoms with E-state index in [0.717, 1.165) is 18.2 Å². The van der Waals surface area contributed by atoms with Gasteiger partial charge in [0.05, 0.1) is 39.3 Å². The van der Waals surface area contributed by atoms with Crippen molar-refractivity contribution in [3.63, 3.8) is 0 Å². The van der Waals surface area contributed by atoms with E-state index in [1.54, 1.807) is 19.1 Å². The summed E-state index contributed by atoms with van der Waals surface area (Å²) < 4.78 is 4.89. The highest BCUT2D eigenvalue weighted by atomic mass is 16.6. The molecular formula is C16H13N3O7. The highest BCUT2D eigenvalue weighted by Crippen LogP contribution is 2.24. The summed E-state index contributed by atoms with van der Waals surface area (Å²) in [5.74, 6) is -1.50. The second kappa shape index (κ2) is 7.83. The molecule has 0 saturated heterocycles. The number of anilines is 1. The number of esters is 1. The lowest BCUT2D eigenvalue weighted by Gasteiger charge is -2.10. The van der Waals surface area contributed by atoms with Crippen LogP contribution in [0.4, 0.5) is 17.1 Å². The summed E-state index contributed by atoms with van der Waals surface area (Å²) in [5.41, 5.74) is -1.27. The number of nitrogens with one attached hydrogen (secondary N) is 1. The van der Waals surface area contributed by atoms with E-state index in [4.69, 9.17) is 4.74 Å². The maximum atomic E-state index is 12.4. The molecule has 2 aromatic rings. The van der Waals surface area contributed by atoms with Crippen molar-refractivity contribution in [1.29, 1.82) is 0 Å². The Morgan fingerprint density at radius 1 is 1.04 bits per heavy atom. The average molecular weight is 359 g/mol. The van der Waals surface area contributed by atoms with Gasteiger partial charge >= 0.3 is 5.97 Å². The Morgan fingerprint density at radius 2 is 1.62 bits per heavy atom. The van der Waals surface area contributed by atoms with Gasteiger partial charge in [0.25, 0.3) is 17.3 Å². The Balaban J connectivity index is 2.38. The summed E-state index contributed by atoms with van der Waals surface area (Å²) in [6.07, 6.45) is 0. The number of ether oxygens (including phenoxy) is 1. The molecule has 26 heavy (non-hydrogen) atoms. The van der Waals surface area contributed by atoms with E-state index in [-0.39, 0.29) is 23.4 Å². The van der Waals surface area contributed by atoms with Crippen LogP contribution in [0.15, 0.2) is 42.5 Å². The third-order valence-electron chi connectivity index (χ3n) is 3.26. The molecule has 2 rings (SSSR count). The molecule has 10 heteroatoms. The van der Waals surface area contributed by atoms with Crippen LogP contribution in [0.25, 0.3) is 0 Å². The lowest BCUT2D eigenvalue weighted by atomic mass is 10.1. The molecule has 0 heterocycles. The summed E-state index contributed by atoms with van der Waals surface area (Å²) in [7, 11) is 0. The van der Waals surface area contributed by atoms with Crippen molar-refractivity contribution in [3.8, 4) is 0 Å². The van der Waals surface area contributed by atoms with Crippen LogP contribution in [-0.2, 0) is 4.74 Å². The Labute approximate surface area is 146 Å². The van der Waals surface area contributed by atoms with Crippen LogP contribution in [0.2, 0.25) is 0 Å². The SMILES string of the molecule is CCOC(=O)c1ccccc1NC(=O)c1cc([N+](=O)[O-])cc([N+](=O)[O-])c1. The average Bonchev–Trinajstić information content (AvgIpc) is 2.61. The predicted octanol–water partition coefficient (Wildman–Crippen LogP) is 2.93. The second-order valence-corrected chi connectivity index (χ2v) is 4.97. The molecule has 0 unspecified atom stereocenters. The number of benzene rings is 2. The lowest BCUT2D eigenvalue weighted by Crippen LogP contribution is -2.16. The Bertz CT molecular complexity index is 863. The van der Waals surface area contributed by atoms with Gasteiger partial charge in [-0.05, 0) is 19.1 Å². The maximum Gasteiger partial charge on any atom is 0.340 e. The summed E-state index contributed by atoms with van der Waals surface area (Å²) in [4.78, 5) is 44.5. The van der Waals surface area contributed by atoms with Gasteiger partial charge in [-0.2, -0.15) is 0 Å². The Hall–Kier alpha value is -3.82. The van der Waals surface area contributed by atoms with Gasteiger partial charge in [-0.25, -0.2) is 4.79 Å². The molecule has 1 amide bonds. The van der Waals surface area contributed by atoms with Gasteiger partial charge < -0.3 is 10.1 Å². The molecule has 0 bridgehead atoms. The summed E-state index contributed by atoms with van der Waals surface area (Å²) in [6, 6.07) is 8.59. The highest BCUT2D eigenvalue weighted by Gasteiger charge is 2.21. The number of amides is 1. The zero-order valence-corrected chi connectivity index (χ0v) is 13.5. The first-order valence-corrected chi connectivity index (χ1v) is 7.35. The van der Waals surface area contributed by atoms with Crippen LogP contribution in [0, 0.1) is 20.2 Å². The van der Waals surface area contributed by atoms with Gasteiger partial charge in [-0.3, -0.25) is 25.0 Å². The van der Waals surface area contributed by atoms with E-state index >= 15 is 0 Å². The summed E-state index contributed by atoms with van der Waals surface area (Å²) in [5, 5.41) is 24.2. The summed E-state index contributed by atoms with van der Waals surface area (Å²) >= 11 is 0. The zero-order chi connectivity index (χ0) is 19.3. The van der Waals surface area contributed by atoms with Crippen LogP contribution >= 0.6 is 0 Å². The van der Waals surface area contributed by atoms with Crippen LogP contribution in [0.1, 0.15) is 27.6 Å². The minimum Gasteiger partial charge on any atom is -0.462 e. The zero-order valence-electron chi connectivity index (χ0n) is 13.5. The van der Waals surface area contributed by atoms with Gasteiger partial charge in [0.2, 0.25) is 0 Å². The van der Waals surface area contributed by atoms with Crippen molar-refractivity contribution in [2.24, 2.45) is 0 Å². The molecule has 0 aliphatic rings. The largest absolute Gasteiger partial charge is 0.462 e. The van der Waals surface area contributed by atoms with Crippen LogP contribution in [-0.4, -0.2) is 28.3 Å². The molecule has 0 radical (unpaired) electrons. The number of para-hydroxylation sites is 1. The van der Waals surface area contributed by atoms with Crippen molar-refractivity contribution in [2.75, 3.05) is 11.9 Å². The van der Waals surface area contributed by atoms with E-state index in [1.165, 1.54) is 12.1 Å². The molecule has 0 aromatic heterocycles. The van der Waals surface area contributed by atoms with E-state index in [2.05, 4.69) is 5.32 Å². The van der Waals surface area contributed by atoms with Crippen molar-refractivity contribution in [3.05, 3.63) is 73.8 Å². The number of hydrogen-bond donors (Lipinski definition) is 1. The smallest absolute Gasteiger partial charge is 0.340 e. The molecule has 2 aromatic carbocycles. The number of carbonyl (C=O) groups excluding carboxylic acids is 2. The third-order valence-corrected chi connectivity index (χ3v) is 3.26. The molecule has 0 atom stereocenters. The van der Waals surface area contributed by atoms with Crippen molar-refractivity contribution < 1.29 is 24.2 Å². The standard InChI is InChI=1S/C16H13N3O7/c1-2-26-16(21)13-5-3-4-6-14(13)17-15(20)10-7-11(18(22)23)9-12(8-10)19(24)25/h3-9H,2H2,1H3,(H,17,20). The number of nitrogens with zero attached hydrogens (tertiary/aromatic N) is 2. The van der Waals surface area contributed by atoms with E-state index < -0.39 is 33.1 Å². The fourth-order valence-corrected chi connectivity index (χ4v) is 2.11. The van der Waals surface area contributed by atoms with Gasteiger partial charge in [0.15, 0.2) is 0 Å². The number of nitro benzene ring substituents is 2. The minimum atomic E-state index is -0.839. The van der Waals surface area contributed by atoms with Gasteiger partial charge in [-0.1, -0.05) is 12.1 Å². The Kier molecular flexibility index (Phi) is 5.58.